The molecule has 0 bridgehead atoms. The van der Waals surface area contributed by atoms with Gasteiger partial charge < -0.3 is 14.8 Å². The second-order valence-corrected chi connectivity index (χ2v) is 7.15. The van der Waals surface area contributed by atoms with E-state index in [9.17, 15) is 22.8 Å². The second kappa shape index (κ2) is 9.20. The highest BCUT2D eigenvalue weighted by molar-refractivity contribution is 6.31. The third-order valence-corrected chi connectivity index (χ3v) is 4.89. The van der Waals surface area contributed by atoms with Gasteiger partial charge in [0.2, 0.25) is 0 Å². The molecule has 0 radical (unpaired) electrons. The van der Waals surface area contributed by atoms with Gasteiger partial charge in [0.25, 0.3) is 5.91 Å². The molecule has 0 saturated heterocycles. The summed E-state index contributed by atoms with van der Waals surface area (Å²) in [6, 6.07) is 17.3. The van der Waals surface area contributed by atoms with Crippen LogP contribution in [0.15, 0.2) is 78.4 Å². The fourth-order valence-corrected chi connectivity index (χ4v) is 3.34. The number of hydrogen-bond donors (Lipinski definition) is 1. The molecule has 0 fully saturated rings. The predicted octanol–water partition coefficient (Wildman–Crippen LogP) is 5.38. The van der Waals surface area contributed by atoms with E-state index in [2.05, 4.69) is 5.32 Å². The van der Waals surface area contributed by atoms with E-state index in [1.807, 2.05) is 0 Å². The third-order valence-electron chi connectivity index (χ3n) is 4.89. The number of hydrogen-bond acceptors (Lipinski definition) is 4. The van der Waals surface area contributed by atoms with Crippen molar-refractivity contribution in [2.45, 2.75) is 6.18 Å². The molecule has 0 unspecified atom stereocenters. The number of rotatable bonds is 5. The molecule has 4 rings (SSSR count). The normalized spacial score (nSPS) is 13.4. The van der Waals surface area contributed by atoms with Gasteiger partial charge in [-0.25, -0.2) is 0 Å². The number of halogens is 3. The molecule has 168 valence electrons. The minimum atomic E-state index is -4.65. The zero-order valence-electron chi connectivity index (χ0n) is 17.2. The number of ketones is 1. The molecule has 1 aliphatic heterocycles. The van der Waals surface area contributed by atoms with E-state index < -0.39 is 29.0 Å². The number of alkyl halides is 3. The molecule has 1 aliphatic rings. The van der Waals surface area contributed by atoms with E-state index >= 15 is 0 Å². The Morgan fingerprint density at radius 2 is 1.52 bits per heavy atom. The van der Waals surface area contributed by atoms with Crippen LogP contribution in [-0.2, 0) is 11.0 Å². The zero-order chi connectivity index (χ0) is 23.4. The number of benzene rings is 3. The van der Waals surface area contributed by atoms with Crippen LogP contribution in [0.2, 0.25) is 0 Å². The highest BCUT2D eigenvalue weighted by Gasteiger charge is 2.33. The Morgan fingerprint density at radius 1 is 0.848 bits per heavy atom. The zero-order valence-corrected chi connectivity index (χ0v) is 17.2. The van der Waals surface area contributed by atoms with E-state index in [1.54, 1.807) is 30.3 Å². The highest BCUT2D eigenvalue weighted by atomic mass is 19.4. The first-order valence-electron chi connectivity index (χ1n) is 10.0. The summed E-state index contributed by atoms with van der Waals surface area (Å²) in [5, 5.41) is 2.58. The van der Waals surface area contributed by atoms with Gasteiger partial charge in [-0.1, -0.05) is 48.5 Å². The number of nitrogens with one attached hydrogen (secondary N) is 1. The van der Waals surface area contributed by atoms with E-state index in [1.165, 1.54) is 36.4 Å². The molecular weight excluding hydrogens is 435 g/mol. The molecule has 1 heterocycles. The summed E-state index contributed by atoms with van der Waals surface area (Å²) in [7, 11) is 0. The van der Waals surface area contributed by atoms with E-state index in [4.69, 9.17) is 9.47 Å². The maximum atomic E-state index is 13.5. The SMILES string of the molecule is O=C(Nc1ccc2c(c1)OCCO2)/C(=C\c1ccccc1C(F)(F)F)C(=O)c1ccccc1. The minimum Gasteiger partial charge on any atom is -0.486 e. The molecule has 1 amide bonds. The number of Topliss-reactive ketones (excluding diaryl/α,β-unsaturated/α-hetero) is 1. The largest absolute Gasteiger partial charge is 0.486 e. The fraction of sp³-hybridized carbons (Fsp3) is 0.120. The van der Waals surface area contributed by atoms with E-state index in [0.717, 1.165) is 12.1 Å². The number of carbonyl (C=O) groups is 2. The Bertz CT molecular complexity index is 1220. The first kappa shape index (κ1) is 22.1. The molecule has 3 aromatic rings. The van der Waals surface area contributed by atoms with Crippen LogP contribution >= 0.6 is 0 Å². The maximum Gasteiger partial charge on any atom is 0.416 e. The van der Waals surface area contributed by atoms with Crippen molar-refractivity contribution in [1.29, 1.82) is 0 Å². The summed E-state index contributed by atoms with van der Waals surface area (Å²) in [4.78, 5) is 26.2. The van der Waals surface area contributed by atoms with Crippen molar-refractivity contribution in [2.24, 2.45) is 0 Å². The van der Waals surface area contributed by atoms with Gasteiger partial charge in [0.15, 0.2) is 17.3 Å². The molecule has 0 aromatic heterocycles. The van der Waals surface area contributed by atoms with Gasteiger partial charge in [0.05, 0.1) is 11.1 Å². The summed E-state index contributed by atoms with van der Waals surface area (Å²) in [5.41, 5.74) is -1.20. The summed E-state index contributed by atoms with van der Waals surface area (Å²) >= 11 is 0. The van der Waals surface area contributed by atoms with Crippen LogP contribution < -0.4 is 14.8 Å². The van der Waals surface area contributed by atoms with Crippen LogP contribution in [0.5, 0.6) is 11.5 Å². The van der Waals surface area contributed by atoms with Gasteiger partial charge in [0.1, 0.15) is 13.2 Å². The van der Waals surface area contributed by atoms with Gasteiger partial charge in [-0.2, -0.15) is 13.2 Å². The molecule has 8 heteroatoms. The number of ether oxygens (including phenoxy) is 2. The van der Waals surface area contributed by atoms with Crippen molar-refractivity contribution in [1.82, 2.24) is 0 Å². The molecule has 0 spiro atoms. The monoisotopic (exact) mass is 453 g/mol. The number of anilines is 1. The van der Waals surface area contributed by atoms with Crippen LogP contribution in [0, 0.1) is 0 Å². The lowest BCUT2D eigenvalue weighted by molar-refractivity contribution is -0.137. The number of carbonyl (C=O) groups excluding carboxylic acids is 2. The van der Waals surface area contributed by atoms with Gasteiger partial charge in [-0.05, 0) is 29.8 Å². The first-order valence-corrected chi connectivity index (χ1v) is 10.0. The summed E-state index contributed by atoms with van der Waals surface area (Å²) in [6.07, 6.45) is -3.69. The lowest BCUT2D eigenvalue weighted by Gasteiger charge is -2.19. The van der Waals surface area contributed by atoms with Crippen LogP contribution in [0.25, 0.3) is 6.08 Å². The quantitative estimate of drug-likeness (QED) is 0.244. The summed E-state index contributed by atoms with van der Waals surface area (Å²) < 4.78 is 51.4. The maximum absolute atomic E-state index is 13.5. The molecule has 3 aromatic carbocycles. The minimum absolute atomic E-state index is 0.172. The van der Waals surface area contributed by atoms with Crippen LogP contribution in [0.4, 0.5) is 18.9 Å². The highest BCUT2D eigenvalue weighted by Crippen LogP contribution is 2.34. The van der Waals surface area contributed by atoms with Gasteiger partial charge >= 0.3 is 6.18 Å². The molecule has 0 saturated carbocycles. The Morgan fingerprint density at radius 3 is 2.24 bits per heavy atom. The van der Waals surface area contributed by atoms with Crippen molar-refractivity contribution in [3.8, 4) is 11.5 Å². The number of amides is 1. The van der Waals surface area contributed by atoms with Gasteiger partial charge in [0, 0.05) is 17.3 Å². The fourth-order valence-electron chi connectivity index (χ4n) is 3.34. The van der Waals surface area contributed by atoms with Crippen LogP contribution in [0.3, 0.4) is 0 Å². The van der Waals surface area contributed by atoms with Crippen LogP contribution in [0.1, 0.15) is 21.5 Å². The molecule has 0 atom stereocenters. The molecular formula is C25H18F3NO4. The van der Waals surface area contributed by atoms with Crippen LogP contribution in [-0.4, -0.2) is 24.9 Å². The molecule has 1 N–H and O–H groups in total. The number of fused-ring (bicyclic) bond motifs is 1. The Balaban J connectivity index is 1.73. The summed E-state index contributed by atoms with van der Waals surface area (Å²) in [5.74, 6) is -0.629. The lowest BCUT2D eigenvalue weighted by Crippen LogP contribution is -2.21. The molecule has 5 nitrogen and oxygen atoms in total. The van der Waals surface area contributed by atoms with E-state index in [-0.39, 0.29) is 11.1 Å². The van der Waals surface area contributed by atoms with Crippen molar-refractivity contribution in [3.05, 3.63) is 95.1 Å². The standard InChI is InChI=1S/C25H18F3NO4/c26-25(27,28)20-9-5-4-8-17(20)14-19(23(30)16-6-2-1-3-7-16)24(31)29-18-10-11-21-22(15-18)33-13-12-32-21/h1-11,14-15H,12-13H2,(H,29,31)/b19-14-. The summed E-state index contributed by atoms with van der Waals surface area (Å²) in [6.45, 7) is 0.742. The first-order chi connectivity index (χ1) is 15.8. The predicted molar refractivity (Wildman–Crippen MR) is 116 cm³/mol. The van der Waals surface area contributed by atoms with Crippen molar-refractivity contribution >= 4 is 23.5 Å². The van der Waals surface area contributed by atoms with Gasteiger partial charge in [-0.15, -0.1) is 0 Å². The average Bonchev–Trinajstić information content (AvgIpc) is 2.82. The van der Waals surface area contributed by atoms with Crippen molar-refractivity contribution < 1.29 is 32.2 Å². The average molecular weight is 453 g/mol. The van der Waals surface area contributed by atoms with Crippen molar-refractivity contribution in [2.75, 3.05) is 18.5 Å². The Labute approximate surface area is 187 Å². The molecule has 33 heavy (non-hydrogen) atoms. The van der Waals surface area contributed by atoms with Gasteiger partial charge in [-0.3, -0.25) is 9.59 Å². The Kier molecular flexibility index (Phi) is 6.17. The smallest absolute Gasteiger partial charge is 0.416 e. The molecule has 0 aliphatic carbocycles. The lowest BCUT2D eigenvalue weighted by atomic mass is 9.98. The third kappa shape index (κ3) is 5.06. The second-order valence-electron chi connectivity index (χ2n) is 7.15. The van der Waals surface area contributed by atoms with Crippen molar-refractivity contribution in [3.63, 3.8) is 0 Å². The van der Waals surface area contributed by atoms with E-state index in [0.29, 0.717) is 30.4 Å². The Hall–Kier alpha value is -4.07. The topological polar surface area (TPSA) is 64.6 Å².